The number of benzene rings is 1. The number of aliphatic imine (C=N–C) groups is 2. The molecule has 0 aromatic heterocycles. The van der Waals surface area contributed by atoms with Gasteiger partial charge in [0, 0.05) is 38.1 Å². The van der Waals surface area contributed by atoms with Crippen molar-refractivity contribution in [3.63, 3.8) is 0 Å². The van der Waals surface area contributed by atoms with Gasteiger partial charge in [0.1, 0.15) is 45.3 Å². The second kappa shape index (κ2) is 30.7. The van der Waals surface area contributed by atoms with Crippen LogP contribution >= 0.6 is 0 Å². The van der Waals surface area contributed by atoms with Gasteiger partial charge in [0.25, 0.3) is 0 Å². The standard InChI is InChI=1S/C55H93N7O13/c1-50(2,3)70-42(63)36-38(26-25-35-69-37-39-27-30-40(31-28-39)43(56)59-46(65)72-52(7,8)9)29-32-41(58-45(64)71-51(4,5)6)62(49(68)75-55(16,17)18)34-24-22-20-19-21-23-33-57-44(60-47(66)73-53(10,11)12)61-48(67)74-54(13,14)15/h27-28,30-31,38H,19-26,29,32-37H2,1-18H3,(H2,56,59,65)(H2,57,60,61,66,67)/b58-41+. The molecular weight excluding hydrogens is 967 g/mol. The van der Waals surface area contributed by atoms with Gasteiger partial charge in [-0.15, -0.1) is 0 Å². The monoisotopic (exact) mass is 1060 g/mol. The molecule has 0 saturated heterocycles. The third kappa shape index (κ3) is 35.9. The summed E-state index contributed by atoms with van der Waals surface area (Å²) in [7, 11) is 0. The first-order valence-electron chi connectivity index (χ1n) is 26.1. The molecule has 0 aliphatic heterocycles. The Bertz CT molecular complexity index is 2030. The lowest BCUT2D eigenvalue weighted by Gasteiger charge is -2.29. The largest absolute Gasteiger partial charge is 0.460 e. The zero-order chi connectivity index (χ0) is 57.4. The van der Waals surface area contributed by atoms with Crippen molar-refractivity contribution in [2.75, 3.05) is 19.7 Å². The van der Waals surface area contributed by atoms with Gasteiger partial charge in [-0.2, -0.15) is 4.99 Å². The summed E-state index contributed by atoms with van der Waals surface area (Å²) in [6, 6.07) is 7.06. The first-order chi connectivity index (χ1) is 34.3. The number of alkyl carbamates (subject to hydrolysis) is 3. The van der Waals surface area contributed by atoms with E-state index in [0.717, 1.165) is 31.2 Å². The van der Waals surface area contributed by atoms with Crippen LogP contribution in [-0.4, -0.2) is 112 Å². The van der Waals surface area contributed by atoms with Crippen LogP contribution in [0.1, 0.15) is 206 Å². The highest BCUT2D eigenvalue weighted by atomic mass is 16.6. The molecule has 4 N–H and O–H groups in total. The Morgan fingerprint density at radius 1 is 0.560 bits per heavy atom. The third-order valence-electron chi connectivity index (χ3n) is 9.53. The van der Waals surface area contributed by atoms with Crippen LogP contribution in [0.3, 0.4) is 0 Å². The summed E-state index contributed by atoms with van der Waals surface area (Å²) in [6.07, 6.45) is 2.34. The minimum atomic E-state index is -0.860. The van der Waals surface area contributed by atoms with E-state index >= 15 is 0 Å². The number of unbranched alkanes of at least 4 members (excludes halogenated alkanes) is 5. The molecule has 0 aliphatic carbocycles. The highest BCUT2D eigenvalue weighted by molar-refractivity contribution is 6.04. The Morgan fingerprint density at radius 3 is 1.52 bits per heavy atom. The van der Waals surface area contributed by atoms with Gasteiger partial charge in [0.2, 0.25) is 5.96 Å². The van der Waals surface area contributed by atoms with E-state index in [1.807, 2.05) is 12.1 Å². The van der Waals surface area contributed by atoms with E-state index in [4.69, 9.17) is 38.6 Å². The predicted octanol–water partition coefficient (Wildman–Crippen LogP) is 12.3. The van der Waals surface area contributed by atoms with Crippen molar-refractivity contribution in [3.05, 3.63) is 35.4 Å². The van der Waals surface area contributed by atoms with Crippen molar-refractivity contribution in [1.82, 2.24) is 20.9 Å². The molecule has 5 amide bonds. The van der Waals surface area contributed by atoms with Crippen molar-refractivity contribution in [2.45, 2.75) is 235 Å². The van der Waals surface area contributed by atoms with Crippen LogP contribution < -0.4 is 16.0 Å². The Hall–Kier alpha value is -5.79. The molecule has 0 fully saturated rings. The molecule has 1 aromatic carbocycles. The topological polar surface area (TPSA) is 255 Å². The minimum absolute atomic E-state index is 0.0815. The number of amidine groups is 2. The van der Waals surface area contributed by atoms with Gasteiger partial charge in [-0.3, -0.25) is 36.0 Å². The number of esters is 1. The Morgan fingerprint density at radius 2 is 1.03 bits per heavy atom. The van der Waals surface area contributed by atoms with E-state index in [1.165, 1.54) is 4.90 Å². The fourth-order valence-electron chi connectivity index (χ4n) is 6.68. The normalized spacial score (nSPS) is 12.9. The molecule has 0 radical (unpaired) electrons. The Labute approximate surface area is 447 Å². The van der Waals surface area contributed by atoms with Crippen LogP contribution in [0.25, 0.3) is 0 Å². The van der Waals surface area contributed by atoms with Crippen LogP contribution in [0.15, 0.2) is 34.3 Å². The maximum atomic E-state index is 14.0. The molecule has 0 saturated carbocycles. The molecule has 0 aliphatic rings. The number of nitrogens with zero attached hydrogens (tertiary/aromatic N) is 3. The number of rotatable bonds is 21. The maximum absolute atomic E-state index is 14.0. The molecule has 20 heteroatoms. The van der Waals surface area contributed by atoms with Crippen molar-refractivity contribution in [3.8, 4) is 0 Å². The molecule has 20 nitrogen and oxygen atoms in total. The number of carbonyl (C=O) groups excluding carboxylic acids is 6. The molecule has 0 heterocycles. The summed E-state index contributed by atoms with van der Waals surface area (Å²) in [6.45, 7) is 32.6. The van der Waals surface area contributed by atoms with Crippen LogP contribution in [0.5, 0.6) is 0 Å². The number of hydrogen-bond acceptors (Lipinski definition) is 15. The fourth-order valence-corrected chi connectivity index (χ4v) is 6.68. The molecule has 1 unspecified atom stereocenters. The molecule has 1 aromatic rings. The van der Waals surface area contributed by atoms with Crippen molar-refractivity contribution in [1.29, 1.82) is 5.41 Å². The van der Waals surface area contributed by atoms with Crippen LogP contribution in [0.2, 0.25) is 0 Å². The van der Waals surface area contributed by atoms with Crippen LogP contribution in [-0.2, 0) is 44.6 Å². The average Bonchev–Trinajstić information content (AvgIpc) is 3.18. The van der Waals surface area contributed by atoms with E-state index in [1.54, 1.807) is 137 Å². The number of ether oxygens (including phenoxy) is 7. The van der Waals surface area contributed by atoms with Crippen LogP contribution in [0, 0.1) is 11.3 Å². The molecule has 0 bridgehead atoms. The fraction of sp³-hybridized carbons (Fsp3) is 0.727. The summed E-state index contributed by atoms with van der Waals surface area (Å²) in [5.41, 5.74) is -3.28. The summed E-state index contributed by atoms with van der Waals surface area (Å²) >= 11 is 0. The van der Waals surface area contributed by atoms with Crippen molar-refractivity contribution >= 4 is 54.1 Å². The molecule has 75 heavy (non-hydrogen) atoms. The molecule has 0 spiro atoms. The summed E-state index contributed by atoms with van der Waals surface area (Å²) < 4.78 is 39.1. The van der Waals surface area contributed by atoms with E-state index in [2.05, 4.69) is 25.9 Å². The van der Waals surface area contributed by atoms with Gasteiger partial charge in [-0.1, -0.05) is 49.9 Å². The lowest BCUT2D eigenvalue weighted by atomic mass is 9.93. The quantitative estimate of drug-likeness (QED) is 0.0294. The van der Waals surface area contributed by atoms with Crippen LogP contribution in [0.4, 0.5) is 24.0 Å². The minimum Gasteiger partial charge on any atom is -0.460 e. The Kier molecular flexibility index (Phi) is 27.5. The van der Waals surface area contributed by atoms with Gasteiger partial charge in [-0.05, 0) is 168 Å². The zero-order valence-corrected chi connectivity index (χ0v) is 48.6. The van der Waals surface area contributed by atoms with E-state index in [9.17, 15) is 28.8 Å². The first-order valence-corrected chi connectivity index (χ1v) is 26.1. The average molecular weight is 1060 g/mol. The third-order valence-corrected chi connectivity index (χ3v) is 9.53. The van der Waals surface area contributed by atoms with Crippen molar-refractivity contribution < 1.29 is 61.9 Å². The number of amides is 5. The predicted molar refractivity (Wildman–Crippen MR) is 290 cm³/mol. The van der Waals surface area contributed by atoms with E-state index in [0.29, 0.717) is 57.4 Å². The van der Waals surface area contributed by atoms with Gasteiger partial charge < -0.3 is 33.2 Å². The van der Waals surface area contributed by atoms with Gasteiger partial charge in [0.15, 0.2) is 0 Å². The smallest absolute Gasteiger partial charge is 0.435 e. The number of nitrogens with one attached hydrogen (secondary N) is 4. The molecule has 1 atom stereocenters. The summed E-state index contributed by atoms with van der Waals surface area (Å²) in [5.74, 6) is -0.625. The summed E-state index contributed by atoms with van der Waals surface area (Å²) in [4.78, 5) is 87.8. The summed E-state index contributed by atoms with van der Waals surface area (Å²) in [5, 5.41) is 15.7. The number of guanidine groups is 1. The second-order valence-corrected chi connectivity index (χ2v) is 24.3. The Balaban J connectivity index is 3.17. The highest BCUT2D eigenvalue weighted by Gasteiger charge is 2.30. The SMILES string of the molecule is CC(C)(C)OC(=O)CC(CCCOCc1ccc(C(=N)NC(=O)OC(C)(C)C)cc1)CC/C(=N\C(=O)OC(C)(C)C)N(CCCCCCCCN=C(NC(=O)OC(C)(C)C)NC(=O)OC(C)(C)C)C(=O)OC(C)(C)C. The lowest BCUT2D eigenvalue weighted by Crippen LogP contribution is -2.47. The maximum Gasteiger partial charge on any atom is 0.435 e. The second-order valence-electron chi connectivity index (χ2n) is 24.3. The molecular formula is C55H93N7O13. The lowest BCUT2D eigenvalue weighted by molar-refractivity contribution is -0.156. The zero-order valence-electron chi connectivity index (χ0n) is 48.6. The van der Waals surface area contributed by atoms with E-state index < -0.39 is 64.1 Å². The van der Waals surface area contributed by atoms with Gasteiger partial charge >= 0.3 is 36.4 Å². The van der Waals surface area contributed by atoms with Gasteiger partial charge in [-0.25, -0.2) is 24.0 Å². The highest BCUT2D eigenvalue weighted by Crippen LogP contribution is 2.24. The number of carbonyl (C=O) groups is 6. The first kappa shape index (κ1) is 67.2. The molecule has 1 rings (SSSR count). The van der Waals surface area contributed by atoms with Gasteiger partial charge in [0.05, 0.1) is 6.61 Å². The number of hydrogen-bond donors (Lipinski definition) is 4. The van der Waals surface area contributed by atoms with Crippen molar-refractivity contribution in [2.24, 2.45) is 15.9 Å². The van der Waals surface area contributed by atoms with E-state index in [-0.39, 0.29) is 48.9 Å². The molecule has 426 valence electrons.